The van der Waals surface area contributed by atoms with Crippen LogP contribution in [0.3, 0.4) is 0 Å². The number of halogens is 1. The van der Waals surface area contributed by atoms with Crippen LogP contribution in [0, 0.1) is 11.8 Å². The van der Waals surface area contributed by atoms with E-state index in [-0.39, 0.29) is 41.6 Å². The third-order valence-corrected chi connectivity index (χ3v) is 7.28. The SMILES string of the molecule is C[C@H]1CC[C@H](C(=O)N(c2cc(Br)sc2C(=O)[O-])C2CCCCC2)CC1.[Li+]. The number of amides is 1. The Labute approximate surface area is 180 Å². The summed E-state index contributed by atoms with van der Waals surface area (Å²) in [5.41, 5.74) is 0.535. The van der Waals surface area contributed by atoms with Crippen molar-refractivity contribution in [2.45, 2.75) is 70.8 Å². The quantitative estimate of drug-likeness (QED) is 0.673. The first-order chi connectivity index (χ1) is 12.0. The fourth-order valence-electron chi connectivity index (χ4n) is 4.22. The normalized spacial score (nSPS) is 23.9. The minimum absolute atomic E-state index is 0. The van der Waals surface area contributed by atoms with E-state index >= 15 is 0 Å². The molecule has 2 aliphatic rings. The molecule has 2 aliphatic carbocycles. The van der Waals surface area contributed by atoms with Gasteiger partial charge in [-0.15, -0.1) is 11.3 Å². The minimum atomic E-state index is -1.20. The first kappa shape index (κ1) is 22.0. The van der Waals surface area contributed by atoms with Crippen LogP contribution in [0.2, 0.25) is 0 Å². The Morgan fingerprint density at radius 3 is 2.31 bits per heavy atom. The summed E-state index contributed by atoms with van der Waals surface area (Å²) < 4.78 is 0.729. The van der Waals surface area contributed by atoms with Gasteiger partial charge in [-0.25, -0.2) is 0 Å². The summed E-state index contributed by atoms with van der Waals surface area (Å²) in [5, 5.41) is 11.6. The molecule has 2 fully saturated rings. The third kappa shape index (κ3) is 4.95. The molecular formula is C19H25BrLiNO3S. The summed E-state index contributed by atoms with van der Waals surface area (Å²) in [4.78, 5) is 27.0. The van der Waals surface area contributed by atoms with E-state index < -0.39 is 5.97 Å². The second kappa shape index (κ2) is 9.77. The van der Waals surface area contributed by atoms with Crippen LogP contribution in [0.25, 0.3) is 0 Å². The fourth-order valence-corrected chi connectivity index (χ4v) is 5.63. The van der Waals surface area contributed by atoms with Gasteiger partial charge < -0.3 is 14.8 Å². The van der Waals surface area contributed by atoms with E-state index in [1.54, 1.807) is 6.07 Å². The van der Waals surface area contributed by atoms with Crippen LogP contribution in [-0.2, 0) is 4.79 Å². The Morgan fingerprint density at radius 2 is 1.73 bits per heavy atom. The van der Waals surface area contributed by atoms with Gasteiger partial charge in [0.2, 0.25) is 5.91 Å². The Bertz CT molecular complexity index is 637. The van der Waals surface area contributed by atoms with Gasteiger partial charge in [0.15, 0.2) is 0 Å². The molecule has 0 aromatic carbocycles. The van der Waals surface area contributed by atoms with Crippen LogP contribution in [0.4, 0.5) is 5.69 Å². The minimum Gasteiger partial charge on any atom is -0.544 e. The number of thiophene rings is 1. The van der Waals surface area contributed by atoms with Gasteiger partial charge in [-0.1, -0.05) is 26.2 Å². The number of carbonyl (C=O) groups is 2. The molecule has 0 bridgehead atoms. The van der Waals surface area contributed by atoms with E-state index in [4.69, 9.17) is 0 Å². The number of nitrogens with zero attached hydrogens (tertiary/aromatic N) is 1. The van der Waals surface area contributed by atoms with Gasteiger partial charge >= 0.3 is 18.9 Å². The maximum absolute atomic E-state index is 13.4. The fraction of sp³-hybridized carbons (Fsp3) is 0.684. The van der Waals surface area contributed by atoms with Crippen LogP contribution in [0.1, 0.15) is 74.4 Å². The van der Waals surface area contributed by atoms with Gasteiger partial charge in [-0.2, -0.15) is 0 Å². The van der Waals surface area contributed by atoms with E-state index in [9.17, 15) is 14.7 Å². The molecule has 0 N–H and O–H groups in total. The molecule has 0 radical (unpaired) electrons. The Hall–Kier alpha value is -0.283. The zero-order valence-corrected chi connectivity index (χ0v) is 18.0. The molecule has 4 nitrogen and oxygen atoms in total. The Balaban J connectivity index is 0.00000243. The van der Waals surface area contributed by atoms with Crippen molar-refractivity contribution >= 4 is 44.8 Å². The van der Waals surface area contributed by atoms with Crippen LogP contribution in [-0.4, -0.2) is 17.9 Å². The average molecular weight is 434 g/mol. The van der Waals surface area contributed by atoms with Crippen molar-refractivity contribution in [2.24, 2.45) is 11.8 Å². The van der Waals surface area contributed by atoms with E-state index in [0.717, 1.165) is 66.5 Å². The van der Waals surface area contributed by atoms with E-state index in [1.807, 2.05) is 4.90 Å². The van der Waals surface area contributed by atoms with E-state index in [1.165, 1.54) is 6.42 Å². The monoisotopic (exact) mass is 433 g/mol. The van der Waals surface area contributed by atoms with Crippen LogP contribution in [0.15, 0.2) is 9.85 Å². The smallest absolute Gasteiger partial charge is 0.544 e. The number of rotatable bonds is 4. The summed E-state index contributed by atoms with van der Waals surface area (Å²) >= 11 is 4.53. The second-order valence-electron chi connectivity index (χ2n) is 7.51. The van der Waals surface area contributed by atoms with Crippen LogP contribution < -0.4 is 28.9 Å². The summed E-state index contributed by atoms with van der Waals surface area (Å²) in [6.07, 6.45) is 9.28. The molecule has 1 heterocycles. The van der Waals surface area contributed by atoms with Gasteiger partial charge in [0.1, 0.15) is 0 Å². The van der Waals surface area contributed by atoms with Crippen molar-refractivity contribution in [3.8, 4) is 0 Å². The maximum Gasteiger partial charge on any atom is 1.00 e. The van der Waals surface area contributed by atoms with Crippen molar-refractivity contribution in [1.82, 2.24) is 0 Å². The second-order valence-corrected chi connectivity index (χ2v) is 9.94. The first-order valence-electron chi connectivity index (χ1n) is 9.31. The molecule has 7 heteroatoms. The van der Waals surface area contributed by atoms with Gasteiger partial charge in [0.25, 0.3) is 0 Å². The van der Waals surface area contributed by atoms with E-state index in [2.05, 4.69) is 22.9 Å². The summed E-state index contributed by atoms with van der Waals surface area (Å²) in [5.74, 6) is -0.379. The molecule has 0 atom stereocenters. The number of hydrogen-bond donors (Lipinski definition) is 0. The van der Waals surface area contributed by atoms with Crippen molar-refractivity contribution in [3.63, 3.8) is 0 Å². The largest absolute Gasteiger partial charge is 1.00 e. The molecule has 0 aliphatic heterocycles. The zero-order chi connectivity index (χ0) is 18.0. The summed E-state index contributed by atoms with van der Waals surface area (Å²) in [6.45, 7) is 2.24. The number of aromatic carboxylic acids is 1. The molecule has 1 amide bonds. The molecule has 26 heavy (non-hydrogen) atoms. The number of carboxylic acids is 1. The maximum atomic E-state index is 13.4. The summed E-state index contributed by atoms with van der Waals surface area (Å²) in [7, 11) is 0. The predicted octanol–water partition coefficient (Wildman–Crippen LogP) is 1.37. The predicted molar refractivity (Wildman–Crippen MR) is 102 cm³/mol. The van der Waals surface area contributed by atoms with Crippen LogP contribution >= 0.6 is 27.3 Å². The van der Waals surface area contributed by atoms with Gasteiger partial charge in [0.05, 0.1) is 20.3 Å². The van der Waals surface area contributed by atoms with Crippen molar-refractivity contribution in [2.75, 3.05) is 4.90 Å². The number of hydrogen-bond acceptors (Lipinski definition) is 4. The molecule has 138 valence electrons. The van der Waals surface area contributed by atoms with Crippen molar-refractivity contribution in [3.05, 3.63) is 14.7 Å². The van der Waals surface area contributed by atoms with Crippen molar-refractivity contribution < 1.29 is 33.6 Å². The number of carboxylic acid groups (broad SMARTS) is 1. The Morgan fingerprint density at radius 1 is 1.12 bits per heavy atom. The van der Waals surface area contributed by atoms with Gasteiger partial charge in [-0.05, 0) is 66.4 Å². The molecule has 0 unspecified atom stereocenters. The zero-order valence-electron chi connectivity index (χ0n) is 15.6. The van der Waals surface area contributed by atoms with Gasteiger partial charge in [0, 0.05) is 12.0 Å². The molecule has 1 aromatic heterocycles. The molecule has 2 saturated carbocycles. The molecular weight excluding hydrogens is 409 g/mol. The molecule has 0 saturated heterocycles. The van der Waals surface area contributed by atoms with Crippen LogP contribution in [0.5, 0.6) is 0 Å². The first-order valence-corrected chi connectivity index (χ1v) is 10.9. The third-order valence-electron chi connectivity index (χ3n) is 5.67. The average Bonchev–Trinajstić information content (AvgIpc) is 2.98. The van der Waals surface area contributed by atoms with E-state index in [0.29, 0.717) is 11.6 Å². The molecule has 1 aromatic rings. The van der Waals surface area contributed by atoms with Crippen molar-refractivity contribution in [1.29, 1.82) is 0 Å². The van der Waals surface area contributed by atoms with Gasteiger partial charge in [-0.3, -0.25) is 4.79 Å². The molecule has 3 rings (SSSR count). The standard InChI is InChI=1S/C19H26BrNO3S.Li/c1-12-7-9-13(10-8-12)18(22)21(14-5-3-2-4-6-14)15-11-16(20)25-17(15)19(23)24;/h11-14H,2-10H2,1H3,(H,23,24);/q;+1/p-1/t12-,13-;. The number of carbonyl (C=O) groups excluding carboxylic acids is 2. The Kier molecular flexibility index (Phi) is 8.27. The summed E-state index contributed by atoms with van der Waals surface area (Å²) in [6, 6.07) is 1.90. The molecule has 0 spiro atoms. The topological polar surface area (TPSA) is 60.4 Å². The number of anilines is 1.